The Morgan fingerprint density at radius 1 is 0.509 bits per heavy atom. The van der Waals surface area contributed by atoms with Gasteiger partial charge in [0.05, 0.1) is 10.9 Å². The Kier molecular flexibility index (Phi) is 11.1. The van der Waals surface area contributed by atoms with E-state index in [0.29, 0.717) is 0 Å². The molecule has 0 bridgehead atoms. The van der Waals surface area contributed by atoms with Gasteiger partial charge in [-0.15, -0.1) is 23.2 Å². The van der Waals surface area contributed by atoms with Crippen molar-refractivity contribution in [3.8, 4) is 22.3 Å². The highest BCUT2D eigenvalue weighted by Gasteiger charge is 2.40. The highest BCUT2D eigenvalue weighted by Crippen LogP contribution is 2.53. The smallest absolute Gasteiger partial charge is 0.0967 e. The first-order valence-electron chi connectivity index (χ1n) is 19.1. The van der Waals surface area contributed by atoms with E-state index >= 15 is 0 Å². The van der Waals surface area contributed by atoms with Crippen LogP contribution in [0.3, 0.4) is 0 Å². The van der Waals surface area contributed by atoms with Crippen molar-refractivity contribution in [1.29, 1.82) is 0 Å². The van der Waals surface area contributed by atoms with Gasteiger partial charge in [-0.1, -0.05) is 170 Å². The van der Waals surface area contributed by atoms with Gasteiger partial charge in [0.2, 0.25) is 0 Å². The van der Waals surface area contributed by atoms with Crippen LogP contribution in [0.5, 0.6) is 0 Å². The molecule has 0 saturated heterocycles. The number of alkyl halides is 2. The lowest BCUT2D eigenvalue weighted by Gasteiger charge is -2.36. The molecule has 1 N–H and O–H groups in total. The molecule has 0 aliphatic heterocycles. The lowest BCUT2D eigenvalue weighted by Crippen LogP contribution is -2.27. The minimum Gasteiger partial charge on any atom is -0.386 e. The zero-order chi connectivity index (χ0) is 38.6. The van der Waals surface area contributed by atoms with E-state index < -0.39 is 5.60 Å². The summed E-state index contributed by atoms with van der Waals surface area (Å²) in [5.41, 5.74) is 20.1. The Labute approximate surface area is 340 Å². The van der Waals surface area contributed by atoms with Crippen molar-refractivity contribution in [2.24, 2.45) is 0 Å². The molecule has 0 unspecified atom stereocenters. The Hall–Kier alpha value is -4.14. The van der Waals surface area contributed by atoms with Gasteiger partial charge in [0.25, 0.3) is 0 Å². The zero-order valence-electron chi connectivity index (χ0n) is 32.9. The van der Waals surface area contributed by atoms with E-state index in [0.717, 1.165) is 18.4 Å². The van der Waals surface area contributed by atoms with E-state index in [1.165, 1.54) is 77.9 Å². The molecule has 55 heavy (non-hydrogen) atoms. The predicted octanol–water partition coefficient (Wildman–Crippen LogP) is 14.1. The second kappa shape index (κ2) is 15.1. The molecule has 3 aliphatic carbocycles. The van der Waals surface area contributed by atoms with Crippen molar-refractivity contribution in [3.05, 3.63) is 189 Å². The number of aliphatic hydroxyl groups is 1. The number of hydrogen-bond donors (Lipinski definition) is 1. The van der Waals surface area contributed by atoms with Gasteiger partial charge in [-0.05, 0) is 116 Å². The maximum atomic E-state index is 10.5. The lowest BCUT2D eigenvalue weighted by molar-refractivity contribution is 0.0777. The molecule has 3 heteroatoms. The van der Waals surface area contributed by atoms with Gasteiger partial charge in [-0.3, -0.25) is 0 Å². The van der Waals surface area contributed by atoms with E-state index in [1.54, 1.807) is 0 Å². The van der Waals surface area contributed by atoms with Crippen LogP contribution in [0, 0.1) is 0 Å². The SMILES string of the molecule is C.CC(C)(O)c1ccccc1Cc1ccc2c(c1)C(C)(C)c1ccccc1-2.CC1(C)c2ccccc2Cc2cc3c(cc21)-c1ccccc1C3(C)C.ClCCl. The fraction of sp³-hybridized carbons (Fsp3) is 0.308. The normalized spacial score (nSPS) is 15.5. The van der Waals surface area contributed by atoms with Crippen molar-refractivity contribution in [2.75, 3.05) is 5.34 Å². The third-order valence-electron chi connectivity index (χ3n) is 12.3. The molecule has 0 amide bonds. The highest BCUT2D eigenvalue weighted by molar-refractivity contribution is 6.40. The van der Waals surface area contributed by atoms with Crippen LogP contribution in [0.4, 0.5) is 0 Å². The lowest BCUT2D eigenvalue weighted by atomic mass is 9.67. The number of halogens is 2. The average molecular weight is 768 g/mol. The van der Waals surface area contributed by atoms with Crippen molar-refractivity contribution >= 4 is 23.2 Å². The van der Waals surface area contributed by atoms with Crippen LogP contribution >= 0.6 is 23.2 Å². The fourth-order valence-corrected chi connectivity index (χ4v) is 9.51. The van der Waals surface area contributed by atoms with Crippen LogP contribution in [0.15, 0.2) is 127 Å². The number of fused-ring (bicyclic) bond motifs is 8. The third kappa shape index (κ3) is 7.10. The molecule has 0 heterocycles. The number of hydrogen-bond acceptors (Lipinski definition) is 1. The molecule has 0 radical (unpaired) electrons. The molecule has 284 valence electrons. The first kappa shape index (κ1) is 40.5. The van der Waals surface area contributed by atoms with Gasteiger partial charge in [0.1, 0.15) is 0 Å². The molecule has 1 nitrogen and oxygen atoms in total. The molecular weight excluding hydrogens is 711 g/mol. The second-order valence-electron chi connectivity index (χ2n) is 17.2. The first-order chi connectivity index (χ1) is 25.6. The van der Waals surface area contributed by atoms with Gasteiger partial charge in [-0.25, -0.2) is 0 Å². The molecule has 9 rings (SSSR count). The number of benzene rings is 6. The maximum Gasteiger partial charge on any atom is 0.0967 e. The van der Waals surface area contributed by atoms with Crippen molar-refractivity contribution in [1.82, 2.24) is 0 Å². The van der Waals surface area contributed by atoms with Gasteiger partial charge in [-0.2, -0.15) is 0 Å². The molecule has 3 aliphatic rings. The summed E-state index contributed by atoms with van der Waals surface area (Å²) < 4.78 is 0. The van der Waals surface area contributed by atoms with E-state index in [2.05, 4.69) is 157 Å². The summed E-state index contributed by atoms with van der Waals surface area (Å²) in [6.07, 6.45) is 1.88. The van der Waals surface area contributed by atoms with E-state index in [-0.39, 0.29) is 29.0 Å². The quantitative estimate of drug-likeness (QED) is 0.178. The summed E-state index contributed by atoms with van der Waals surface area (Å²) in [6, 6.07) is 46.7. The van der Waals surface area contributed by atoms with Crippen LogP contribution in [0.2, 0.25) is 0 Å². The molecule has 0 fully saturated rings. The first-order valence-corrected chi connectivity index (χ1v) is 20.2. The van der Waals surface area contributed by atoms with Gasteiger partial charge in [0.15, 0.2) is 0 Å². The molecular formula is C52H56Cl2O. The molecule has 0 spiro atoms. The van der Waals surface area contributed by atoms with Crippen LogP contribution < -0.4 is 0 Å². The topological polar surface area (TPSA) is 20.2 Å². The van der Waals surface area contributed by atoms with Crippen molar-refractivity contribution in [3.63, 3.8) is 0 Å². The Balaban J connectivity index is 0.000000172. The Morgan fingerprint density at radius 3 is 1.60 bits per heavy atom. The molecule has 0 aromatic heterocycles. The molecule has 6 aromatic rings. The third-order valence-corrected chi connectivity index (χ3v) is 12.3. The molecule has 0 saturated carbocycles. The van der Waals surface area contributed by atoms with E-state index in [4.69, 9.17) is 23.2 Å². The summed E-state index contributed by atoms with van der Waals surface area (Å²) in [6.45, 7) is 17.8. The minimum absolute atomic E-state index is 0. The van der Waals surface area contributed by atoms with Crippen LogP contribution in [-0.4, -0.2) is 10.4 Å². The standard InChI is InChI=1S/C25H26O.C25H24.CH2Cl2.CH4/c1-24(2)22-12-8-6-10-19(22)20-14-13-17(16-23(20)24)15-18-9-5-7-11-21(18)25(3,4)26;1-24(2)20-11-7-5-9-16(20)13-17-14-23-19(15-22(17)24)18-10-6-8-12-21(18)25(23,3)4;2-1-3;/h5-14,16,26H,15H2,1-4H3;5-12,14-15H,13H2,1-4H3;1H2;1H4. The summed E-state index contributed by atoms with van der Waals surface area (Å²) in [5.74, 6) is 0. The maximum absolute atomic E-state index is 10.5. The van der Waals surface area contributed by atoms with Crippen molar-refractivity contribution < 1.29 is 5.11 Å². The van der Waals surface area contributed by atoms with Gasteiger partial charge in [0, 0.05) is 16.2 Å². The van der Waals surface area contributed by atoms with Gasteiger partial charge >= 0.3 is 0 Å². The van der Waals surface area contributed by atoms with Gasteiger partial charge < -0.3 is 5.11 Å². The predicted molar refractivity (Wildman–Crippen MR) is 237 cm³/mol. The fourth-order valence-electron chi connectivity index (χ4n) is 9.51. The summed E-state index contributed by atoms with van der Waals surface area (Å²) in [7, 11) is 0. The van der Waals surface area contributed by atoms with E-state index in [1.807, 2.05) is 26.0 Å². The van der Waals surface area contributed by atoms with Crippen LogP contribution in [0.1, 0.15) is 124 Å². The summed E-state index contributed by atoms with van der Waals surface area (Å²) in [5, 5.41) is 10.7. The Morgan fingerprint density at radius 2 is 0.982 bits per heavy atom. The van der Waals surface area contributed by atoms with Crippen LogP contribution in [0.25, 0.3) is 22.3 Å². The highest BCUT2D eigenvalue weighted by atomic mass is 35.5. The molecule has 0 atom stereocenters. The zero-order valence-corrected chi connectivity index (χ0v) is 34.5. The minimum atomic E-state index is -0.831. The van der Waals surface area contributed by atoms with Crippen molar-refractivity contribution in [2.45, 2.75) is 97.5 Å². The average Bonchev–Trinajstić information content (AvgIpc) is 3.50. The largest absolute Gasteiger partial charge is 0.386 e. The molecule has 6 aromatic carbocycles. The second-order valence-corrected chi connectivity index (χ2v) is 18.0. The van der Waals surface area contributed by atoms with Crippen LogP contribution in [-0.2, 0) is 34.7 Å². The van der Waals surface area contributed by atoms with E-state index in [9.17, 15) is 5.11 Å². The summed E-state index contributed by atoms with van der Waals surface area (Å²) in [4.78, 5) is 0. The number of rotatable bonds is 3. The Bertz CT molecular complexity index is 2350. The monoisotopic (exact) mass is 766 g/mol. The summed E-state index contributed by atoms with van der Waals surface area (Å²) >= 11 is 9.53.